The van der Waals surface area contributed by atoms with Crippen molar-refractivity contribution in [2.75, 3.05) is 12.4 Å². The number of amides is 1. The molecule has 7 heteroatoms. The van der Waals surface area contributed by atoms with Crippen molar-refractivity contribution in [3.05, 3.63) is 35.4 Å². The molecule has 1 N–H and O–H groups in total. The topological polar surface area (TPSA) is 69.0 Å². The lowest BCUT2D eigenvalue weighted by atomic mass is 10.2. The molecule has 1 aliphatic heterocycles. The van der Waals surface area contributed by atoms with Gasteiger partial charge in [-0.2, -0.15) is 0 Å². The average Bonchev–Trinajstić information content (AvgIpc) is 2.91. The number of carbonyl (C=O) groups excluding carboxylic acids is 1. The molecule has 2 aromatic rings. The summed E-state index contributed by atoms with van der Waals surface area (Å²) in [6.45, 7) is 0.796. The van der Waals surface area contributed by atoms with Gasteiger partial charge in [-0.15, -0.1) is 10.2 Å². The van der Waals surface area contributed by atoms with Gasteiger partial charge in [-0.3, -0.25) is 14.7 Å². The number of aryl methyl sites for hydroxylation is 1. The first-order valence-electron chi connectivity index (χ1n) is 6.76. The Morgan fingerprint density at radius 2 is 2.24 bits per heavy atom. The molecule has 0 unspecified atom stereocenters. The molecule has 110 valence electrons. The van der Waals surface area contributed by atoms with E-state index in [9.17, 15) is 9.18 Å². The Kier molecular flexibility index (Phi) is 3.55. The van der Waals surface area contributed by atoms with Crippen molar-refractivity contribution in [1.82, 2.24) is 14.8 Å². The number of fused-ring (bicyclic) bond motifs is 1. The SMILES string of the molecule is COc1cc(C(=O)Nc2nnc3n2CCCC3)ccc1F. The first-order valence-corrected chi connectivity index (χ1v) is 6.76. The van der Waals surface area contributed by atoms with Crippen LogP contribution in [-0.2, 0) is 13.0 Å². The molecule has 2 heterocycles. The van der Waals surface area contributed by atoms with Crippen molar-refractivity contribution in [2.45, 2.75) is 25.8 Å². The number of nitrogens with one attached hydrogen (secondary N) is 1. The standard InChI is InChI=1S/C14H15FN4O2/c1-21-11-8-9(5-6-10(11)15)13(20)16-14-18-17-12-4-2-3-7-19(12)14/h5-6,8H,2-4,7H2,1H3,(H,16,18,20). The van der Waals surface area contributed by atoms with Crippen molar-refractivity contribution >= 4 is 11.9 Å². The number of ether oxygens (including phenoxy) is 1. The Morgan fingerprint density at radius 3 is 3.05 bits per heavy atom. The molecule has 3 rings (SSSR count). The van der Waals surface area contributed by atoms with Crippen LogP contribution in [0.4, 0.5) is 10.3 Å². The number of carbonyl (C=O) groups is 1. The van der Waals surface area contributed by atoms with E-state index in [4.69, 9.17) is 4.74 Å². The number of rotatable bonds is 3. The fraction of sp³-hybridized carbons (Fsp3) is 0.357. The van der Waals surface area contributed by atoms with Crippen LogP contribution in [0.15, 0.2) is 18.2 Å². The van der Waals surface area contributed by atoms with Gasteiger partial charge in [-0.1, -0.05) is 0 Å². The van der Waals surface area contributed by atoms with E-state index in [-0.39, 0.29) is 11.7 Å². The van der Waals surface area contributed by atoms with Gasteiger partial charge in [0.2, 0.25) is 5.95 Å². The second-order valence-corrected chi connectivity index (χ2v) is 4.85. The number of nitrogens with zero attached hydrogens (tertiary/aromatic N) is 3. The zero-order valence-corrected chi connectivity index (χ0v) is 11.6. The number of methoxy groups -OCH3 is 1. The van der Waals surface area contributed by atoms with Crippen LogP contribution < -0.4 is 10.1 Å². The summed E-state index contributed by atoms with van der Waals surface area (Å²) in [5.74, 6) is 0.472. The van der Waals surface area contributed by atoms with Gasteiger partial charge in [0.15, 0.2) is 11.6 Å². The molecule has 1 aromatic heterocycles. The molecule has 1 aromatic carbocycles. The van der Waals surface area contributed by atoms with E-state index in [0.717, 1.165) is 31.6 Å². The summed E-state index contributed by atoms with van der Waals surface area (Å²) in [7, 11) is 1.36. The highest BCUT2D eigenvalue weighted by Crippen LogP contribution is 2.20. The Balaban J connectivity index is 1.82. The summed E-state index contributed by atoms with van der Waals surface area (Å²) in [5, 5.41) is 10.8. The van der Waals surface area contributed by atoms with E-state index in [0.29, 0.717) is 11.5 Å². The first kappa shape index (κ1) is 13.5. The molecule has 0 saturated heterocycles. The Hall–Kier alpha value is -2.44. The van der Waals surface area contributed by atoms with Crippen LogP contribution in [0.3, 0.4) is 0 Å². The zero-order valence-electron chi connectivity index (χ0n) is 11.6. The minimum atomic E-state index is -0.506. The van der Waals surface area contributed by atoms with Gasteiger partial charge in [0, 0.05) is 18.5 Å². The highest BCUT2D eigenvalue weighted by Gasteiger charge is 2.18. The molecule has 6 nitrogen and oxygen atoms in total. The van der Waals surface area contributed by atoms with Gasteiger partial charge in [-0.05, 0) is 31.0 Å². The van der Waals surface area contributed by atoms with Crippen molar-refractivity contribution < 1.29 is 13.9 Å². The van der Waals surface area contributed by atoms with Crippen molar-refractivity contribution in [1.29, 1.82) is 0 Å². The number of benzene rings is 1. The van der Waals surface area contributed by atoms with Gasteiger partial charge in [-0.25, -0.2) is 4.39 Å². The summed E-state index contributed by atoms with van der Waals surface area (Å²) in [4.78, 5) is 12.2. The lowest BCUT2D eigenvalue weighted by Crippen LogP contribution is -2.18. The summed E-state index contributed by atoms with van der Waals surface area (Å²) >= 11 is 0. The molecule has 1 aliphatic rings. The van der Waals surface area contributed by atoms with Crippen molar-refractivity contribution in [2.24, 2.45) is 0 Å². The summed E-state index contributed by atoms with van der Waals surface area (Å²) in [6, 6.07) is 3.96. The maximum absolute atomic E-state index is 13.4. The third kappa shape index (κ3) is 2.58. The number of hydrogen-bond donors (Lipinski definition) is 1. The second-order valence-electron chi connectivity index (χ2n) is 4.85. The first-order chi connectivity index (χ1) is 10.2. The van der Waals surface area contributed by atoms with Gasteiger partial charge in [0.05, 0.1) is 7.11 Å². The van der Waals surface area contributed by atoms with E-state index >= 15 is 0 Å². The van der Waals surface area contributed by atoms with E-state index in [1.54, 1.807) is 0 Å². The average molecular weight is 290 g/mol. The molecular formula is C14H15FN4O2. The summed E-state index contributed by atoms with van der Waals surface area (Å²) < 4.78 is 20.1. The normalized spacial score (nSPS) is 13.6. The van der Waals surface area contributed by atoms with E-state index < -0.39 is 5.82 Å². The zero-order chi connectivity index (χ0) is 14.8. The molecule has 0 saturated carbocycles. The minimum Gasteiger partial charge on any atom is -0.494 e. The van der Waals surface area contributed by atoms with Gasteiger partial charge in [0.1, 0.15) is 5.82 Å². The van der Waals surface area contributed by atoms with E-state index in [1.165, 1.54) is 25.3 Å². The highest BCUT2D eigenvalue weighted by molar-refractivity contribution is 6.03. The fourth-order valence-corrected chi connectivity index (χ4v) is 2.38. The quantitative estimate of drug-likeness (QED) is 0.939. The van der Waals surface area contributed by atoms with Crippen LogP contribution in [0.1, 0.15) is 29.0 Å². The van der Waals surface area contributed by atoms with Gasteiger partial charge in [0.25, 0.3) is 5.91 Å². The van der Waals surface area contributed by atoms with Gasteiger partial charge < -0.3 is 4.74 Å². The Labute approximate surface area is 120 Å². The van der Waals surface area contributed by atoms with Crippen LogP contribution in [-0.4, -0.2) is 27.8 Å². The van der Waals surface area contributed by atoms with E-state index in [2.05, 4.69) is 15.5 Å². The lowest BCUT2D eigenvalue weighted by molar-refractivity contribution is 0.102. The van der Waals surface area contributed by atoms with Crippen LogP contribution in [0.25, 0.3) is 0 Å². The molecule has 0 fully saturated rings. The third-order valence-corrected chi connectivity index (χ3v) is 3.50. The summed E-state index contributed by atoms with van der Waals surface area (Å²) in [6.07, 6.45) is 2.99. The molecule has 0 radical (unpaired) electrons. The lowest BCUT2D eigenvalue weighted by Gasteiger charge is -2.14. The molecule has 0 spiro atoms. The summed E-state index contributed by atoms with van der Waals surface area (Å²) in [5.41, 5.74) is 0.307. The Morgan fingerprint density at radius 1 is 1.38 bits per heavy atom. The Bertz CT molecular complexity index is 684. The molecular weight excluding hydrogens is 275 g/mol. The maximum atomic E-state index is 13.4. The maximum Gasteiger partial charge on any atom is 0.258 e. The van der Waals surface area contributed by atoms with Crippen molar-refractivity contribution in [3.8, 4) is 5.75 Å². The van der Waals surface area contributed by atoms with Crippen LogP contribution in [0.5, 0.6) is 5.75 Å². The minimum absolute atomic E-state index is 0.0333. The smallest absolute Gasteiger partial charge is 0.258 e. The number of aromatic nitrogens is 3. The number of hydrogen-bond acceptors (Lipinski definition) is 4. The van der Waals surface area contributed by atoms with Crippen molar-refractivity contribution in [3.63, 3.8) is 0 Å². The predicted molar refractivity (Wildman–Crippen MR) is 73.9 cm³/mol. The molecule has 0 bridgehead atoms. The van der Waals surface area contributed by atoms with E-state index in [1.807, 2.05) is 4.57 Å². The monoisotopic (exact) mass is 290 g/mol. The third-order valence-electron chi connectivity index (χ3n) is 3.50. The van der Waals surface area contributed by atoms with Crippen LogP contribution >= 0.6 is 0 Å². The van der Waals surface area contributed by atoms with Crippen LogP contribution in [0.2, 0.25) is 0 Å². The van der Waals surface area contributed by atoms with Gasteiger partial charge >= 0.3 is 0 Å². The van der Waals surface area contributed by atoms with Crippen LogP contribution in [0, 0.1) is 5.82 Å². The largest absolute Gasteiger partial charge is 0.494 e. The predicted octanol–water partition coefficient (Wildman–Crippen LogP) is 2.01. The molecule has 0 aliphatic carbocycles. The second kappa shape index (κ2) is 5.51. The number of anilines is 1. The number of halogens is 1. The molecule has 1 amide bonds. The molecule has 0 atom stereocenters. The highest BCUT2D eigenvalue weighted by atomic mass is 19.1. The fourth-order valence-electron chi connectivity index (χ4n) is 2.38. The molecule has 21 heavy (non-hydrogen) atoms.